The smallest absolute Gasteiger partial charge is 0.356 e. The second kappa shape index (κ2) is 4.08. The Bertz CT molecular complexity index is 560. The van der Waals surface area contributed by atoms with Crippen molar-refractivity contribution in [1.82, 2.24) is 15.0 Å². The number of hydrogen-bond acceptors (Lipinski definition) is 4. The largest absolute Gasteiger partial charge is 0.410 e. The molecule has 4 nitrogen and oxygen atoms in total. The summed E-state index contributed by atoms with van der Waals surface area (Å²) in [7, 11) is 0. The molecule has 0 atom stereocenters. The van der Waals surface area contributed by atoms with Gasteiger partial charge < -0.3 is 5.32 Å². The second-order valence-corrected chi connectivity index (χ2v) is 4.36. The lowest BCUT2D eigenvalue weighted by Crippen LogP contribution is -2.46. The third kappa shape index (κ3) is 2.20. The molecular weight excluding hydrogens is 245 g/mol. The van der Waals surface area contributed by atoms with Gasteiger partial charge in [-0.2, -0.15) is 13.2 Å². The topological polar surface area (TPSA) is 50.7 Å². The van der Waals surface area contributed by atoms with Gasteiger partial charge in [-0.05, 0) is 19.9 Å². The predicted molar refractivity (Wildman–Crippen MR) is 61.1 cm³/mol. The van der Waals surface area contributed by atoms with E-state index in [1.54, 1.807) is 6.07 Å². The Kier molecular flexibility index (Phi) is 2.84. The van der Waals surface area contributed by atoms with E-state index in [1.807, 2.05) is 0 Å². The van der Waals surface area contributed by atoms with Crippen molar-refractivity contribution >= 4 is 16.7 Å². The molecule has 0 aliphatic carbocycles. The van der Waals surface area contributed by atoms with E-state index < -0.39 is 11.7 Å². The van der Waals surface area contributed by atoms with Gasteiger partial charge in [-0.3, -0.25) is 4.98 Å². The standard InChI is InChI=1S/C11H11F3N4/c1-10(2,11(12,13)14)18-9-7-3-4-15-5-8(7)16-6-17-9/h3-6H,1-2H3,(H,16,17,18). The lowest BCUT2D eigenvalue weighted by atomic mass is 10.1. The number of halogens is 3. The van der Waals surface area contributed by atoms with Gasteiger partial charge in [0.15, 0.2) is 0 Å². The van der Waals surface area contributed by atoms with Crippen molar-refractivity contribution in [2.75, 3.05) is 5.32 Å². The number of pyridine rings is 1. The highest BCUT2D eigenvalue weighted by molar-refractivity contribution is 5.88. The van der Waals surface area contributed by atoms with E-state index in [1.165, 1.54) is 18.7 Å². The Hall–Kier alpha value is -1.92. The lowest BCUT2D eigenvalue weighted by molar-refractivity contribution is -0.168. The van der Waals surface area contributed by atoms with E-state index in [9.17, 15) is 13.2 Å². The van der Waals surface area contributed by atoms with Crippen LogP contribution in [0.2, 0.25) is 0 Å². The molecule has 0 aromatic carbocycles. The van der Waals surface area contributed by atoms with Crippen LogP contribution < -0.4 is 5.32 Å². The SMILES string of the molecule is CC(C)(Nc1ncnc2cnccc12)C(F)(F)F. The van der Waals surface area contributed by atoms with Crippen molar-refractivity contribution in [3.63, 3.8) is 0 Å². The summed E-state index contributed by atoms with van der Waals surface area (Å²) in [6, 6.07) is 1.57. The minimum absolute atomic E-state index is 0.143. The van der Waals surface area contributed by atoms with Crippen LogP contribution in [0.25, 0.3) is 10.9 Å². The highest BCUT2D eigenvalue weighted by Crippen LogP contribution is 2.33. The normalized spacial score (nSPS) is 12.7. The van der Waals surface area contributed by atoms with Gasteiger partial charge in [0.25, 0.3) is 0 Å². The van der Waals surface area contributed by atoms with Crippen LogP contribution in [0.15, 0.2) is 24.8 Å². The Morgan fingerprint density at radius 1 is 1.17 bits per heavy atom. The molecule has 0 spiro atoms. The fourth-order valence-electron chi connectivity index (χ4n) is 1.37. The minimum Gasteiger partial charge on any atom is -0.356 e. The summed E-state index contributed by atoms with van der Waals surface area (Å²) in [5.41, 5.74) is -1.58. The Morgan fingerprint density at radius 3 is 2.56 bits per heavy atom. The molecule has 0 aliphatic rings. The predicted octanol–water partition coefficient (Wildman–Crippen LogP) is 2.78. The van der Waals surface area contributed by atoms with Crippen LogP contribution in [0.4, 0.5) is 19.0 Å². The average molecular weight is 256 g/mol. The van der Waals surface area contributed by atoms with Gasteiger partial charge in [-0.25, -0.2) is 9.97 Å². The molecule has 18 heavy (non-hydrogen) atoms. The monoisotopic (exact) mass is 256 g/mol. The van der Waals surface area contributed by atoms with Crippen LogP contribution in [-0.4, -0.2) is 26.7 Å². The molecule has 0 aliphatic heterocycles. The zero-order valence-electron chi connectivity index (χ0n) is 9.78. The number of rotatable bonds is 2. The quantitative estimate of drug-likeness (QED) is 0.897. The zero-order valence-corrected chi connectivity index (χ0v) is 9.78. The number of hydrogen-bond donors (Lipinski definition) is 1. The first kappa shape index (κ1) is 12.5. The molecule has 0 saturated heterocycles. The number of fused-ring (bicyclic) bond motifs is 1. The molecule has 1 N–H and O–H groups in total. The van der Waals surface area contributed by atoms with E-state index in [0.29, 0.717) is 10.9 Å². The maximum absolute atomic E-state index is 12.8. The highest BCUT2D eigenvalue weighted by atomic mass is 19.4. The molecular formula is C11H11F3N4. The van der Waals surface area contributed by atoms with Gasteiger partial charge in [0.1, 0.15) is 17.7 Å². The fraction of sp³-hybridized carbons (Fsp3) is 0.364. The highest BCUT2D eigenvalue weighted by Gasteiger charge is 2.47. The molecule has 2 aromatic heterocycles. The zero-order chi connectivity index (χ0) is 13.4. The first-order valence-electron chi connectivity index (χ1n) is 5.21. The summed E-state index contributed by atoms with van der Waals surface area (Å²) < 4.78 is 38.4. The molecule has 2 rings (SSSR count). The van der Waals surface area contributed by atoms with Gasteiger partial charge in [-0.15, -0.1) is 0 Å². The molecule has 96 valence electrons. The van der Waals surface area contributed by atoms with Gasteiger partial charge in [-0.1, -0.05) is 0 Å². The number of alkyl halides is 3. The third-order valence-corrected chi connectivity index (χ3v) is 2.58. The molecule has 0 saturated carbocycles. The van der Waals surface area contributed by atoms with Crippen LogP contribution in [0.1, 0.15) is 13.8 Å². The molecule has 0 amide bonds. The van der Waals surface area contributed by atoms with Crippen LogP contribution >= 0.6 is 0 Å². The van der Waals surface area contributed by atoms with Crippen LogP contribution in [0, 0.1) is 0 Å². The summed E-state index contributed by atoms with van der Waals surface area (Å²) in [4.78, 5) is 11.7. The van der Waals surface area contributed by atoms with E-state index >= 15 is 0 Å². The summed E-state index contributed by atoms with van der Waals surface area (Å²) in [5.74, 6) is 0.143. The lowest BCUT2D eigenvalue weighted by Gasteiger charge is -2.29. The third-order valence-electron chi connectivity index (χ3n) is 2.58. The summed E-state index contributed by atoms with van der Waals surface area (Å²) >= 11 is 0. The molecule has 2 aromatic rings. The average Bonchev–Trinajstić information content (AvgIpc) is 2.27. The van der Waals surface area contributed by atoms with Crippen LogP contribution in [0.3, 0.4) is 0 Å². The number of nitrogens with zero attached hydrogens (tertiary/aromatic N) is 3. The molecule has 0 bridgehead atoms. The van der Waals surface area contributed by atoms with E-state index in [-0.39, 0.29) is 5.82 Å². The van der Waals surface area contributed by atoms with Crippen molar-refractivity contribution < 1.29 is 13.2 Å². The van der Waals surface area contributed by atoms with E-state index in [2.05, 4.69) is 20.3 Å². The maximum Gasteiger partial charge on any atom is 0.410 e. The van der Waals surface area contributed by atoms with E-state index in [0.717, 1.165) is 13.8 Å². The summed E-state index contributed by atoms with van der Waals surface area (Å²) in [6.45, 7) is 2.12. The summed E-state index contributed by atoms with van der Waals surface area (Å²) in [6.07, 6.45) is -0.212. The number of aromatic nitrogens is 3. The maximum atomic E-state index is 12.8. The number of anilines is 1. The van der Waals surface area contributed by atoms with Gasteiger partial charge in [0.2, 0.25) is 0 Å². The van der Waals surface area contributed by atoms with Crippen LogP contribution in [-0.2, 0) is 0 Å². The van der Waals surface area contributed by atoms with Crippen LogP contribution in [0.5, 0.6) is 0 Å². The molecule has 2 heterocycles. The fourth-order valence-corrected chi connectivity index (χ4v) is 1.37. The molecule has 0 unspecified atom stereocenters. The van der Waals surface area contributed by atoms with Crippen molar-refractivity contribution in [3.05, 3.63) is 24.8 Å². The minimum atomic E-state index is -4.38. The van der Waals surface area contributed by atoms with Gasteiger partial charge in [0.05, 0.1) is 11.7 Å². The Labute approximate surface area is 101 Å². The van der Waals surface area contributed by atoms with Gasteiger partial charge in [0, 0.05) is 11.6 Å². The van der Waals surface area contributed by atoms with Crippen molar-refractivity contribution in [2.24, 2.45) is 0 Å². The molecule has 0 radical (unpaired) electrons. The molecule has 0 fully saturated rings. The Balaban J connectivity index is 2.44. The van der Waals surface area contributed by atoms with Gasteiger partial charge >= 0.3 is 6.18 Å². The summed E-state index contributed by atoms with van der Waals surface area (Å²) in [5, 5.41) is 2.90. The van der Waals surface area contributed by atoms with Crippen molar-refractivity contribution in [2.45, 2.75) is 25.6 Å². The first-order valence-corrected chi connectivity index (χ1v) is 5.21. The van der Waals surface area contributed by atoms with Crippen molar-refractivity contribution in [1.29, 1.82) is 0 Å². The first-order chi connectivity index (χ1) is 8.31. The van der Waals surface area contributed by atoms with Crippen molar-refractivity contribution in [3.8, 4) is 0 Å². The second-order valence-electron chi connectivity index (χ2n) is 4.36. The number of nitrogens with one attached hydrogen (secondary N) is 1. The van der Waals surface area contributed by atoms with E-state index in [4.69, 9.17) is 0 Å². The Morgan fingerprint density at radius 2 is 1.89 bits per heavy atom. The molecule has 7 heteroatoms.